The van der Waals surface area contributed by atoms with Crippen LogP contribution in [0, 0.1) is 6.92 Å². The van der Waals surface area contributed by atoms with Crippen molar-refractivity contribution in [1.82, 2.24) is 9.98 Å². The number of nitrogens with one attached hydrogen (secondary N) is 2. The molecular formula is C13H16N3O+. The summed E-state index contributed by atoms with van der Waals surface area (Å²) in [6.07, 6.45) is 0.895. The second-order valence-corrected chi connectivity index (χ2v) is 3.84. The van der Waals surface area contributed by atoms with Crippen molar-refractivity contribution >= 4 is 17.5 Å². The third kappa shape index (κ3) is 2.51. The van der Waals surface area contributed by atoms with E-state index >= 15 is 0 Å². The van der Waals surface area contributed by atoms with E-state index in [0.29, 0.717) is 5.96 Å². The number of ether oxygens (including phenoxy) is 1. The number of hydrogen-bond donors (Lipinski definition) is 2. The van der Waals surface area contributed by atoms with Crippen molar-refractivity contribution in [1.29, 1.82) is 0 Å². The van der Waals surface area contributed by atoms with Crippen LogP contribution in [0.1, 0.15) is 18.9 Å². The van der Waals surface area contributed by atoms with Gasteiger partial charge in [0, 0.05) is 12.5 Å². The van der Waals surface area contributed by atoms with Crippen molar-refractivity contribution in [3.05, 3.63) is 29.5 Å². The Labute approximate surface area is 101 Å². The van der Waals surface area contributed by atoms with Crippen LogP contribution in [-0.4, -0.2) is 18.9 Å². The Morgan fingerprint density at radius 1 is 1.47 bits per heavy atom. The van der Waals surface area contributed by atoms with E-state index in [1.807, 2.05) is 25.1 Å². The fraction of sp³-hybridized carbons (Fsp3) is 0.308. The first-order valence-corrected chi connectivity index (χ1v) is 5.61. The highest BCUT2D eigenvalue weighted by atomic mass is 16.5. The van der Waals surface area contributed by atoms with Gasteiger partial charge in [-0.25, -0.2) is 10.6 Å². The number of allylic oxidation sites excluding steroid dienone is 1. The first kappa shape index (κ1) is 11.3. The summed E-state index contributed by atoms with van der Waals surface area (Å²) >= 11 is 0. The highest BCUT2D eigenvalue weighted by Crippen LogP contribution is 2.21. The molecule has 0 bridgehead atoms. The molecule has 4 heteroatoms. The fourth-order valence-electron chi connectivity index (χ4n) is 1.54. The van der Waals surface area contributed by atoms with Crippen LogP contribution in [0.3, 0.4) is 0 Å². The first-order chi connectivity index (χ1) is 8.22. The maximum absolute atomic E-state index is 5.20. The quantitative estimate of drug-likeness (QED) is 0.772. The van der Waals surface area contributed by atoms with E-state index in [9.17, 15) is 0 Å². The topological polar surface area (TPSA) is 47.4 Å². The van der Waals surface area contributed by atoms with Gasteiger partial charge in [0.25, 0.3) is 0 Å². The van der Waals surface area contributed by atoms with E-state index < -0.39 is 0 Å². The molecule has 17 heavy (non-hydrogen) atoms. The minimum absolute atomic E-state index is 0.707. The number of methoxy groups -OCH3 is 1. The number of hydrogen-bond acceptors (Lipinski definition) is 3. The molecule has 0 spiro atoms. The van der Waals surface area contributed by atoms with Gasteiger partial charge in [0.05, 0.1) is 7.11 Å². The highest BCUT2D eigenvalue weighted by Gasteiger charge is 2.17. The molecular weight excluding hydrogens is 214 g/mol. The molecule has 1 aliphatic rings. The molecule has 2 N–H and O–H groups in total. The van der Waals surface area contributed by atoms with Crippen molar-refractivity contribution in [3.63, 3.8) is 0 Å². The molecule has 88 valence electrons. The van der Waals surface area contributed by atoms with Gasteiger partial charge in [-0.05, 0) is 18.6 Å². The van der Waals surface area contributed by atoms with Crippen LogP contribution in [0.5, 0.6) is 5.75 Å². The molecule has 0 radical (unpaired) electrons. The molecule has 0 fully saturated rings. The van der Waals surface area contributed by atoms with Crippen LogP contribution >= 0.6 is 0 Å². The Hall–Kier alpha value is -2.15. The van der Waals surface area contributed by atoms with E-state index in [1.54, 1.807) is 7.11 Å². The maximum Gasteiger partial charge on any atom is 0.458 e. The lowest BCUT2D eigenvalue weighted by molar-refractivity contribution is 0.415. The van der Waals surface area contributed by atoms with Gasteiger partial charge in [-0.1, -0.05) is 13.0 Å². The Morgan fingerprint density at radius 3 is 2.94 bits per heavy atom. The lowest BCUT2D eigenvalue weighted by Gasteiger charge is -2.05. The van der Waals surface area contributed by atoms with E-state index in [1.165, 1.54) is 0 Å². The zero-order valence-corrected chi connectivity index (χ0v) is 10.3. The second-order valence-electron chi connectivity index (χ2n) is 3.84. The summed E-state index contributed by atoms with van der Waals surface area (Å²) in [7, 11) is 1.66. The summed E-state index contributed by atoms with van der Waals surface area (Å²) in [5, 5.41) is 6.38. The molecule has 0 unspecified atom stereocenters. The van der Waals surface area contributed by atoms with Crippen molar-refractivity contribution in [2.45, 2.75) is 20.3 Å². The van der Waals surface area contributed by atoms with Crippen molar-refractivity contribution in [2.24, 2.45) is 0 Å². The largest absolute Gasteiger partial charge is 0.497 e. The number of benzene rings is 1. The zero-order valence-electron chi connectivity index (χ0n) is 10.3. The van der Waals surface area contributed by atoms with Gasteiger partial charge in [0.1, 0.15) is 11.4 Å². The molecule has 0 atom stereocenters. The third-order valence-electron chi connectivity index (χ3n) is 2.62. The summed E-state index contributed by atoms with van der Waals surface area (Å²) < 4.78 is 9.34. The summed E-state index contributed by atoms with van der Waals surface area (Å²) in [5.74, 6) is 4.45. The summed E-state index contributed by atoms with van der Waals surface area (Å²) in [6, 6.07) is 5.89. The fourth-order valence-corrected chi connectivity index (χ4v) is 1.54. The van der Waals surface area contributed by atoms with Gasteiger partial charge >= 0.3 is 5.96 Å². The summed E-state index contributed by atoms with van der Waals surface area (Å²) in [6.45, 7) is 4.10. The van der Waals surface area contributed by atoms with Gasteiger partial charge < -0.3 is 4.74 Å². The van der Waals surface area contributed by atoms with Gasteiger partial charge in [0.15, 0.2) is 11.6 Å². The first-order valence-electron chi connectivity index (χ1n) is 5.61. The van der Waals surface area contributed by atoms with Gasteiger partial charge in [0.2, 0.25) is 0 Å². The highest BCUT2D eigenvalue weighted by molar-refractivity contribution is 5.99. The molecule has 0 amide bonds. The van der Waals surface area contributed by atoms with Crippen LogP contribution in [-0.2, 0) is 0 Å². The number of guanidine groups is 1. The molecule has 0 aliphatic carbocycles. The van der Waals surface area contributed by atoms with Gasteiger partial charge in [-0.15, -0.1) is 0 Å². The average molecular weight is 230 g/mol. The van der Waals surface area contributed by atoms with Crippen LogP contribution in [0.2, 0.25) is 0 Å². The smallest absolute Gasteiger partial charge is 0.458 e. The monoisotopic (exact) mass is 230 g/mol. The van der Waals surface area contributed by atoms with E-state index in [4.69, 9.17) is 4.74 Å². The number of nitrogens with zero attached hydrogens (tertiary/aromatic N) is 1. The van der Waals surface area contributed by atoms with E-state index in [2.05, 4.69) is 28.1 Å². The predicted molar refractivity (Wildman–Crippen MR) is 70.4 cm³/mol. The molecule has 1 aliphatic heterocycles. The Balaban J connectivity index is 2.21. The number of rotatable bonds is 3. The summed E-state index contributed by atoms with van der Waals surface area (Å²) in [5.41, 5.74) is 3.11. The van der Waals surface area contributed by atoms with Crippen LogP contribution in [0.15, 0.2) is 23.9 Å². The maximum atomic E-state index is 5.20. The van der Waals surface area contributed by atoms with Gasteiger partial charge in [-0.2, -0.15) is 4.67 Å². The summed E-state index contributed by atoms with van der Waals surface area (Å²) in [4.78, 5) is 0. The molecule has 1 heterocycles. The Morgan fingerprint density at radius 2 is 2.29 bits per heavy atom. The minimum Gasteiger partial charge on any atom is -0.497 e. The SMILES string of the molecule is CCC1=C=[N+]=C(Nc2cc(OC)ccc2C)N1. The van der Waals surface area contributed by atoms with E-state index in [-0.39, 0.29) is 0 Å². The number of aryl methyl sites for hydroxylation is 1. The van der Waals surface area contributed by atoms with Crippen molar-refractivity contribution in [3.8, 4) is 5.75 Å². The lowest BCUT2D eigenvalue weighted by atomic mass is 10.2. The Kier molecular flexibility index (Phi) is 3.20. The molecule has 2 rings (SSSR count). The van der Waals surface area contributed by atoms with Crippen molar-refractivity contribution in [2.75, 3.05) is 12.4 Å². The minimum atomic E-state index is 0.707. The van der Waals surface area contributed by atoms with Crippen LogP contribution in [0.4, 0.5) is 5.69 Å². The standard InChI is InChI=1S/C13H15N3O/c1-4-10-8-14-13(15-10)16-12-7-11(17-3)6-5-9(12)2/h5-7H,4H2,1-3H3,(H,15,16)/p+1. The molecule has 4 nitrogen and oxygen atoms in total. The van der Waals surface area contributed by atoms with Crippen molar-refractivity contribution < 1.29 is 4.74 Å². The third-order valence-corrected chi connectivity index (χ3v) is 2.62. The lowest BCUT2D eigenvalue weighted by Crippen LogP contribution is -2.29. The average Bonchev–Trinajstić information content (AvgIpc) is 2.80. The molecule has 0 saturated heterocycles. The Bertz CT molecular complexity index is 536. The predicted octanol–water partition coefficient (Wildman–Crippen LogP) is 1.41. The molecule has 0 aromatic heterocycles. The molecule has 1 aromatic carbocycles. The molecule has 0 saturated carbocycles. The number of anilines is 1. The zero-order chi connectivity index (χ0) is 12.3. The van der Waals surface area contributed by atoms with E-state index in [0.717, 1.165) is 29.1 Å². The van der Waals surface area contributed by atoms with Crippen LogP contribution in [0.25, 0.3) is 0 Å². The molecule has 1 aromatic rings. The normalized spacial score (nSPS) is 12.9. The van der Waals surface area contributed by atoms with Gasteiger partial charge in [-0.3, -0.25) is 0 Å². The van der Waals surface area contributed by atoms with Crippen LogP contribution < -0.4 is 20.0 Å². The second kappa shape index (κ2) is 4.79.